The van der Waals surface area contributed by atoms with Crippen LogP contribution in [0, 0.1) is 0 Å². The first-order valence-electron chi connectivity index (χ1n) is 4.05. The Morgan fingerprint density at radius 1 is 1.23 bits per heavy atom. The van der Waals surface area contributed by atoms with Crippen LogP contribution >= 0.6 is 12.4 Å². The van der Waals surface area contributed by atoms with Crippen LogP contribution in [0.1, 0.15) is 32.2 Å². The van der Waals surface area contributed by atoms with E-state index >= 15 is 0 Å². The highest BCUT2D eigenvalue weighted by molar-refractivity contribution is 5.85. The number of nitrogens with two attached hydrogens (primary N) is 1. The Kier molecular flexibility index (Phi) is 4.30. The first-order chi connectivity index (χ1) is 5.54. The molecule has 0 aliphatic heterocycles. The van der Waals surface area contributed by atoms with Gasteiger partial charge in [0.1, 0.15) is 5.82 Å². The topological polar surface area (TPSA) is 51.8 Å². The molecule has 0 saturated heterocycles. The molecule has 0 unspecified atom stereocenters. The van der Waals surface area contributed by atoms with E-state index in [0.29, 0.717) is 12.4 Å². The third-order valence-electron chi connectivity index (χ3n) is 1.75. The van der Waals surface area contributed by atoms with Gasteiger partial charge in [0, 0.05) is 12.4 Å². The highest BCUT2D eigenvalue weighted by Crippen LogP contribution is 2.19. The van der Waals surface area contributed by atoms with Crippen molar-refractivity contribution in [1.29, 1.82) is 0 Å². The molecule has 3 nitrogen and oxygen atoms in total. The van der Waals surface area contributed by atoms with Crippen molar-refractivity contribution in [3.63, 3.8) is 0 Å². The van der Waals surface area contributed by atoms with Crippen molar-refractivity contribution in [2.24, 2.45) is 5.73 Å². The lowest BCUT2D eigenvalue weighted by Gasteiger charge is -2.17. The molecule has 1 aromatic rings. The number of halogens is 1. The van der Waals surface area contributed by atoms with Crippen LogP contribution in [0.5, 0.6) is 0 Å². The van der Waals surface area contributed by atoms with E-state index in [9.17, 15) is 0 Å². The molecule has 0 aliphatic rings. The third-order valence-corrected chi connectivity index (χ3v) is 1.75. The predicted octanol–water partition coefficient (Wildman–Crippen LogP) is 1.65. The van der Waals surface area contributed by atoms with Crippen molar-refractivity contribution in [3.8, 4) is 0 Å². The highest BCUT2D eigenvalue weighted by atomic mass is 35.5. The van der Waals surface area contributed by atoms with Crippen LogP contribution in [0.15, 0.2) is 12.4 Å². The van der Waals surface area contributed by atoms with Gasteiger partial charge in [-0.2, -0.15) is 0 Å². The minimum absolute atomic E-state index is 0. The van der Waals surface area contributed by atoms with Crippen LogP contribution in [0.2, 0.25) is 0 Å². The summed E-state index contributed by atoms with van der Waals surface area (Å²) in [5.41, 5.74) is 6.64. The van der Waals surface area contributed by atoms with Gasteiger partial charge in [0.15, 0.2) is 0 Å². The average molecular weight is 202 g/mol. The number of rotatable bonds is 1. The molecule has 74 valence electrons. The Morgan fingerprint density at radius 3 is 2.00 bits per heavy atom. The second kappa shape index (κ2) is 4.53. The molecule has 1 heterocycles. The van der Waals surface area contributed by atoms with Crippen molar-refractivity contribution in [2.75, 3.05) is 0 Å². The molecule has 0 aromatic carbocycles. The van der Waals surface area contributed by atoms with E-state index in [4.69, 9.17) is 5.73 Å². The Balaban J connectivity index is 0.00000144. The monoisotopic (exact) mass is 201 g/mol. The van der Waals surface area contributed by atoms with Gasteiger partial charge >= 0.3 is 0 Å². The van der Waals surface area contributed by atoms with Crippen LogP contribution in [0.25, 0.3) is 0 Å². The van der Waals surface area contributed by atoms with Crippen molar-refractivity contribution in [3.05, 3.63) is 23.8 Å². The van der Waals surface area contributed by atoms with E-state index in [1.807, 2.05) is 12.4 Å². The SMILES string of the molecule is CC(C)(C)c1cnc(CN)nc1.Cl. The van der Waals surface area contributed by atoms with Crippen molar-refractivity contribution in [1.82, 2.24) is 9.97 Å². The number of nitrogens with zero attached hydrogens (tertiary/aromatic N) is 2. The van der Waals surface area contributed by atoms with Crippen LogP contribution in [0.4, 0.5) is 0 Å². The molecule has 0 spiro atoms. The van der Waals surface area contributed by atoms with Gasteiger partial charge in [-0.3, -0.25) is 0 Å². The molecule has 0 radical (unpaired) electrons. The van der Waals surface area contributed by atoms with Gasteiger partial charge in [0.25, 0.3) is 0 Å². The maximum Gasteiger partial charge on any atom is 0.141 e. The highest BCUT2D eigenvalue weighted by Gasteiger charge is 2.13. The quantitative estimate of drug-likeness (QED) is 0.752. The fourth-order valence-electron chi connectivity index (χ4n) is 0.847. The standard InChI is InChI=1S/C9H15N3.ClH/c1-9(2,3)7-5-11-8(4-10)12-6-7;/h5-6H,4,10H2,1-3H3;1H. The molecule has 0 atom stereocenters. The van der Waals surface area contributed by atoms with E-state index in [1.54, 1.807) is 0 Å². The molecule has 0 bridgehead atoms. The van der Waals surface area contributed by atoms with Gasteiger partial charge in [0.2, 0.25) is 0 Å². The molecule has 1 aromatic heterocycles. The molecule has 0 fully saturated rings. The van der Waals surface area contributed by atoms with Crippen molar-refractivity contribution < 1.29 is 0 Å². The Morgan fingerprint density at radius 2 is 1.69 bits per heavy atom. The zero-order valence-electron chi connectivity index (χ0n) is 8.24. The summed E-state index contributed by atoms with van der Waals surface area (Å²) >= 11 is 0. The fraction of sp³-hybridized carbons (Fsp3) is 0.556. The van der Waals surface area contributed by atoms with E-state index in [-0.39, 0.29) is 17.8 Å². The van der Waals surface area contributed by atoms with Gasteiger partial charge in [-0.15, -0.1) is 12.4 Å². The molecule has 1 rings (SSSR count). The molecule has 0 amide bonds. The van der Waals surface area contributed by atoms with E-state index < -0.39 is 0 Å². The zero-order valence-corrected chi connectivity index (χ0v) is 9.06. The fourth-order valence-corrected chi connectivity index (χ4v) is 0.847. The van der Waals surface area contributed by atoms with Crippen LogP contribution in [0.3, 0.4) is 0 Å². The lowest BCUT2D eigenvalue weighted by Crippen LogP contribution is -2.13. The molecule has 13 heavy (non-hydrogen) atoms. The van der Waals surface area contributed by atoms with Gasteiger partial charge in [-0.25, -0.2) is 9.97 Å². The van der Waals surface area contributed by atoms with Gasteiger partial charge in [-0.1, -0.05) is 20.8 Å². The lowest BCUT2D eigenvalue weighted by atomic mass is 9.89. The maximum absolute atomic E-state index is 5.38. The number of hydrogen-bond acceptors (Lipinski definition) is 3. The summed E-state index contributed by atoms with van der Waals surface area (Å²) in [6.45, 7) is 6.81. The summed E-state index contributed by atoms with van der Waals surface area (Å²) in [6.07, 6.45) is 3.68. The molecule has 2 N–H and O–H groups in total. The Bertz CT molecular complexity index is 251. The van der Waals surface area contributed by atoms with Crippen LogP contribution in [-0.4, -0.2) is 9.97 Å². The van der Waals surface area contributed by atoms with Crippen LogP contribution in [-0.2, 0) is 12.0 Å². The Hall–Kier alpha value is -0.670. The summed E-state index contributed by atoms with van der Waals surface area (Å²) in [5.74, 6) is 0.697. The molecule has 4 heteroatoms. The van der Waals surface area contributed by atoms with Crippen molar-refractivity contribution in [2.45, 2.75) is 32.7 Å². The number of hydrogen-bond donors (Lipinski definition) is 1. The predicted molar refractivity (Wildman–Crippen MR) is 55.9 cm³/mol. The molecule has 0 aliphatic carbocycles. The Labute approximate surface area is 85.2 Å². The second-order valence-corrected chi connectivity index (χ2v) is 3.84. The summed E-state index contributed by atoms with van der Waals surface area (Å²) < 4.78 is 0. The van der Waals surface area contributed by atoms with Crippen LogP contribution < -0.4 is 5.73 Å². The summed E-state index contributed by atoms with van der Waals surface area (Å²) in [6, 6.07) is 0. The lowest BCUT2D eigenvalue weighted by molar-refractivity contribution is 0.582. The van der Waals surface area contributed by atoms with E-state index in [0.717, 1.165) is 5.56 Å². The summed E-state index contributed by atoms with van der Waals surface area (Å²) in [7, 11) is 0. The third kappa shape index (κ3) is 3.28. The van der Waals surface area contributed by atoms with Gasteiger partial charge < -0.3 is 5.73 Å². The smallest absolute Gasteiger partial charge is 0.141 e. The normalized spacial score (nSPS) is 10.8. The number of aromatic nitrogens is 2. The molecular weight excluding hydrogens is 186 g/mol. The van der Waals surface area contributed by atoms with E-state index in [1.165, 1.54) is 0 Å². The maximum atomic E-state index is 5.38. The minimum Gasteiger partial charge on any atom is -0.324 e. The second-order valence-electron chi connectivity index (χ2n) is 3.84. The first kappa shape index (κ1) is 12.3. The minimum atomic E-state index is 0. The molecular formula is C9H16ClN3. The zero-order chi connectivity index (χ0) is 9.19. The summed E-state index contributed by atoms with van der Waals surface area (Å²) in [5, 5.41) is 0. The van der Waals surface area contributed by atoms with Gasteiger partial charge in [-0.05, 0) is 11.0 Å². The summed E-state index contributed by atoms with van der Waals surface area (Å²) in [4.78, 5) is 8.26. The van der Waals surface area contributed by atoms with Gasteiger partial charge in [0.05, 0.1) is 6.54 Å². The van der Waals surface area contributed by atoms with E-state index in [2.05, 4.69) is 30.7 Å². The first-order valence-corrected chi connectivity index (χ1v) is 4.05. The van der Waals surface area contributed by atoms with Crippen molar-refractivity contribution >= 4 is 12.4 Å². The largest absolute Gasteiger partial charge is 0.324 e. The average Bonchev–Trinajstić information content (AvgIpc) is 2.03. The molecule has 0 saturated carbocycles.